The number of rotatable bonds is 8. The van der Waals surface area contributed by atoms with Crippen molar-refractivity contribution in [2.24, 2.45) is 17.8 Å². The quantitative estimate of drug-likeness (QED) is 0.314. The molecule has 6 rings (SSSR count). The Morgan fingerprint density at radius 2 is 1.69 bits per heavy atom. The number of hydrogen-bond donors (Lipinski definition) is 3. The summed E-state index contributed by atoms with van der Waals surface area (Å²) in [6.07, 6.45) is 6.51. The summed E-state index contributed by atoms with van der Waals surface area (Å²) >= 11 is 0. The minimum absolute atomic E-state index is 0.0205. The Labute approximate surface area is 210 Å². The highest BCUT2D eigenvalue weighted by atomic mass is 16.2. The number of nitrogens with zero attached hydrogens (tertiary/aromatic N) is 4. The fraction of sp³-hybridized carbons (Fsp3) is 0.393. The first kappa shape index (κ1) is 22.6. The molecule has 36 heavy (non-hydrogen) atoms. The van der Waals surface area contributed by atoms with Crippen molar-refractivity contribution in [3.8, 4) is 22.5 Å². The van der Waals surface area contributed by atoms with Gasteiger partial charge < -0.3 is 10.3 Å². The monoisotopic (exact) mass is 481 g/mol. The van der Waals surface area contributed by atoms with Gasteiger partial charge in [-0.3, -0.25) is 14.9 Å². The molecule has 184 valence electrons. The summed E-state index contributed by atoms with van der Waals surface area (Å²) in [7, 11) is 0. The summed E-state index contributed by atoms with van der Waals surface area (Å²) in [5, 5.41) is 19.4. The Morgan fingerprint density at radius 3 is 2.31 bits per heavy atom. The van der Waals surface area contributed by atoms with Crippen molar-refractivity contribution < 1.29 is 4.79 Å². The second kappa shape index (κ2) is 9.00. The van der Waals surface area contributed by atoms with E-state index < -0.39 is 0 Å². The van der Waals surface area contributed by atoms with E-state index in [1.807, 2.05) is 57.2 Å². The fourth-order valence-electron chi connectivity index (χ4n) is 5.56. The number of carbonyl (C=O) groups excluding carboxylic acids is 1. The van der Waals surface area contributed by atoms with Crippen molar-refractivity contribution in [2.45, 2.75) is 52.4 Å². The summed E-state index contributed by atoms with van der Waals surface area (Å²) in [6.45, 7) is 5.97. The number of aryl methyl sites for hydroxylation is 3. The van der Waals surface area contributed by atoms with Gasteiger partial charge in [-0.25, -0.2) is 0 Å². The molecule has 1 amide bonds. The van der Waals surface area contributed by atoms with Crippen LogP contribution in [0.2, 0.25) is 0 Å². The zero-order valence-electron chi connectivity index (χ0n) is 20.9. The van der Waals surface area contributed by atoms with Gasteiger partial charge in [-0.2, -0.15) is 5.10 Å². The molecule has 1 atom stereocenters. The van der Waals surface area contributed by atoms with Gasteiger partial charge in [0.05, 0.1) is 5.69 Å². The van der Waals surface area contributed by atoms with E-state index in [-0.39, 0.29) is 17.7 Å². The smallest absolute Gasteiger partial charge is 0.235 e. The van der Waals surface area contributed by atoms with Gasteiger partial charge in [0.1, 0.15) is 11.7 Å². The minimum atomic E-state index is -0.360. The molecule has 2 saturated carbocycles. The van der Waals surface area contributed by atoms with Crippen LogP contribution in [0.1, 0.15) is 54.5 Å². The molecular weight excluding hydrogens is 450 g/mol. The molecule has 8 nitrogen and oxygen atoms in total. The van der Waals surface area contributed by atoms with E-state index in [4.69, 9.17) is 0 Å². The van der Waals surface area contributed by atoms with Crippen LogP contribution < -0.4 is 5.32 Å². The number of H-pyrrole nitrogens is 2. The molecule has 4 aromatic rings. The highest BCUT2D eigenvalue weighted by Crippen LogP contribution is 2.54. The van der Waals surface area contributed by atoms with Crippen LogP contribution in [0.4, 0.5) is 5.69 Å². The lowest BCUT2D eigenvalue weighted by Gasteiger charge is -2.24. The van der Waals surface area contributed by atoms with Crippen LogP contribution in [-0.4, -0.2) is 36.3 Å². The molecule has 8 heteroatoms. The second-order valence-corrected chi connectivity index (χ2v) is 10.3. The zero-order valence-corrected chi connectivity index (χ0v) is 20.9. The normalized spacial score (nSPS) is 16.3. The number of aromatic amines is 2. The lowest BCUT2D eigenvalue weighted by atomic mass is 9.82. The SMILES string of the molecule is Cc1ncccc1-c1nnc(C(C(=O)Nc2ccc(-c3c(C)n[nH]c3C)cc2)C(C2CC2)C2CC2)[nH]1. The maximum atomic E-state index is 13.8. The van der Waals surface area contributed by atoms with E-state index >= 15 is 0 Å². The predicted octanol–water partition coefficient (Wildman–Crippen LogP) is 5.34. The van der Waals surface area contributed by atoms with Crippen molar-refractivity contribution in [3.63, 3.8) is 0 Å². The standard InChI is InChI=1S/C28H31N7O/c1-15-22(5-4-14-29-15)26-31-27(35-34-26)25(24(19-6-7-19)20-8-9-20)28(36)30-21-12-10-18(11-13-21)23-16(2)32-33-17(23)3/h4-5,10-14,19-20,24-25H,6-9H2,1-3H3,(H,30,36)(H,32,33)(H,31,34,35). The molecule has 1 unspecified atom stereocenters. The van der Waals surface area contributed by atoms with Gasteiger partial charge >= 0.3 is 0 Å². The van der Waals surface area contributed by atoms with Crippen LogP contribution in [-0.2, 0) is 4.79 Å². The van der Waals surface area contributed by atoms with Crippen LogP contribution in [0, 0.1) is 38.5 Å². The highest BCUT2D eigenvalue weighted by molar-refractivity contribution is 5.96. The van der Waals surface area contributed by atoms with Crippen LogP contribution in [0.25, 0.3) is 22.5 Å². The van der Waals surface area contributed by atoms with Crippen molar-refractivity contribution in [1.82, 2.24) is 30.4 Å². The Bertz CT molecular complexity index is 1360. The summed E-state index contributed by atoms with van der Waals surface area (Å²) in [4.78, 5) is 21.6. The number of nitrogens with one attached hydrogen (secondary N) is 3. The molecule has 3 heterocycles. The van der Waals surface area contributed by atoms with Crippen molar-refractivity contribution >= 4 is 11.6 Å². The van der Waals surface area contributed by atoms with Crippen LogP contribution in [0.5, 0.6) is 0 Å². The van der Waals surface area contributed by atoms with Gasteiger partial charge in [0.25, 0.3) is 0 Å². The lowest BCUT2D eigenvalue weighted by Crippen LogP contribution is -2.31. The van der Waals surface area contributed by atoms with Crippen molar-refractivity contribution in [1.29, 1.82) is 0 Å². The fourth-order valence-corrected chi connectivity index (χ4v) is 5.56. The third-order valence-corrected chi connectivity index (χ3v) is 7.63. The van der Waals surface area contributed by atoms with Crippen LogP contribution in [0.3, 0.4) is 0 Å². The van der Waals surface area contributed by atoms with E-state index in [1.165, 1.54) is 25.7 Å². The van der Waals surface area contributed by atoms with Gasteiger partial charge in [0.2, 0.25) is 5.91 Å². The number of pyridine rings is 1. The second-order valence-electron chi connectivity index (χ2n) is 10.3. The van der Waals surface area contributed by atoms with E-state index in [9.17, 15) is 4.79 Å². The Kier molecular flexibility index (Phi) is 5.66. The molecule has 2 aliphatic rings. The van der Waals surface area contributed by atoms with Gasteiger partial charge in [0, 0.05) is 34.4 Å². The number of hydrogen-bond acceptors (Lipinski definition) is 5. The number of amides is 1. The average molecular weight is 482 g/mol. The first-order valence-corrected chi connectivity index (χ1v) is 12.8. The minimum Gasteiger partial charge on any atom is -0.325 e. The maximum Gasteiger partial charge on any atom is 0.235 e. The van der Waals surface area contributed by atoms with Gasteiger partial charge in [-0.15, -0.1) is 10.2 Å². The molecule has 0 saturated heterocycles. The molecule has 1 aromatic carbocycles. The summed E-state index contributed by atoms with van der Waals surface area (Å²) in [5.74, 6) is 2.38. The maximum absolute atomic E-state index is 13.8. The first-order chi connectivity index (χ1) is 17.5. The number of anilines is 1. The van der Waals surface area contributed by atoms with Gasteiger partial charge in [-0.1, -0.05) is 12.1 Å². The molecule has 0 spiro atoms. The van der Waals surface area contributed by atoms with Crippen molar-refractivity contribution in [2.75, 3.05) is 5.32 Å². The Balaban J connectivity index is 1.29. The Morgan fingerprint density at radius 1 is 0.972 bits per heavy atom. The predicted molar refractivity (Wildman–Crippen MR) is 138 cm³/mol. The average Bonchev–Trinajstić information content (AvgIpc) is 3.81. The third-order valence-electron chi connectivity index (χ3n) is 7.63. The molecule has 3 N–H and O–H groups in total. The summed E-state index contributed by atoms with van der Waals surface area (Å²) < 4.78 is 0. The lowest BCUT2D eigenvalue weighted by molar-refractivity contribution is -0.119. The van der Waals surface area contributed by atoms with Crippen LogP contribution in [0.15, 0.2) is 42.6 Å². The molecule has 0 bridgehead atoms. The summed E-state index contributed by atoms with van der Waals surface area (Å²) in [6, 6.07) is 11.9. The molecular formula is C28H31N7O. The molecule has 0 radical (unpaired) electrons. The van der Waals surface area contributed by atoms with Gasteiger partial charge in [0.15, 0.2) is 5.82 Å². The van der Waals surface area contributed by atoms with E-state index in [1.54, 1.807) is 6.20 Å². The molecule has 3 aromatic heterocycles. The van der Waals surface area contributed by atoms with E-state index in [0.29, 0.717) is 23.5 Å². The number of aromatic nitrogens is 6. The third kappa shape index (κ3) is 4.32. The molecule has 2 fully saturated rings. The van der Waals surface area contributed by atoms with E-state index in [0.717, 1.165) is 39.5 Å². The number of carbonyl (C=O) groups is 1. The Hall–Kier alpha value is -3.81. The van der Waals surface area contributed by atoms with E-state index in [2.05, 4.69) is 35.7 Å². The molecule has 2 aliphatic carbocycles. The summed E-state index contributed by atoms with van der Waals surface area (Å²) in [5.41, 5.74) is 6.75. The van der Waals surface area contributed by atoms with Crippen molar-refractivity contribution in [3.05, 3.63) is 65.5 Å². The van der Waals surface area contributed by atoms with Crippen LogP contribution >= 0.6 is 0 Å². The highest BCUT2D eigenvalue weighted by Gasteiger charge is 2.49. The largest absolute Gasteiger partial charge is 0.325 e. The number of benzene rings is 1. The first-order valence-electron chi connectivity index (χ1n) is 12.8. The zero-order chi connectivity index (χ0) is 24.8. The molecule has 0 aliphatic heterocycles. The topological polar surface area (TPSA) is 112 Å². The van der Waals surface area contributed by atoms with Gasteiger partial charge in [-0.05, 0) is 94.0 Å².